The molecule has 0 unspecified atom stereocenters. The molecule has 37 heavy (non-hydrogen) atoms. The Labute approximate surface area is 223 Å². The minimum Gasteiger partial charge on any atom is -0.481 e. The van der Waals surface area contributed by atoms with Crippen molar-refractivity contribution in [2.75, 3.05) is 5.32 Å². The first-order valence-electron chi connectivity index (χ1n) is 11.8. The highest BCUT2D eigenvalue weighted by Gasteiger charge is 2.33. The number of carboxylic acids is 1. The van der Waals surface area contributed by atoms with Crippen molar-refractivity contribution in [3.8, 4) is 0 Å². The molecule has 1 aliphatic heterocycles. The van der Waals surface area contributed by atoms with Crippen molar-refractivity contribution in [3.63, 3.8) is 0 Å². The minimum absolute atomic E-state index is 0.0468. The summed E-state index contributed by atoms with van der Waals surface area (Å²) in [6, 6.07) is 14.7. The number of hydrogen-bond acceptors (Lipinski definition) is 6. The van der Waals surface area contributed by atoms with E-state index in [0.717, 1.165) is 11.1 Å². The van der Waals surface area contributed by atoms with E-state index in [1.807, 2.05) is 30.3 Å². The molecule has 0 aliphatic carbocycles. The maximum absolute atomic E-state index is 12.2. The zero-order chi connectivity index (χ0) is 26.4. The van der Waals surface area contributed by atoms with Gasteiger partial charge in [-0.15, -0.1) is 0 Å². The SMILES string of the molecule is O=C(O)CCCC(=O)Nc1cccc([C@@H]2O[C@H](Cn3cnc(Cl)c3Cl)C[C@H](c3ccc(CO)cc3)O2)c1. The Morgan fingerprint density at radius 2 is 1.86 bits per heavy atom. The van der Waals surface area contributed by atoms with Gasteiger partial charge in [0.05, 0.1) is 31.7 Å². The summed E-state index contributed by atoms with van der Waals surface area (Å²) in [7, 11) is 0. The fraction of sp³-hybridized carbons (Fsp3) is 0.346. The molecule has 4 rings (SSSR count). The third-order valence-corrected chi connectivity index (χ3v) is 6.75. The van der Waals surface area contributed by atoms with Crippen LogP contribution >= 0.6 is 23.2 Å². The molecule has 0 bridgehead atoms. The molecule has 1 amide bonds. The molecule has 3 aromatic rings. The number of halogens is 2. The highest BCUT2D eigenvalue weighted by molar-refractivity contribution is 6.40. The van der Waals surface area contributed by atoms with Gasteiger partial charge in [0.15, 0.2) is 11.4 Å². The number of imidazole rings is 1. The number of aromatic nitrogens is 2. The molecule has 2 heterocycles. The van der Waals surface area contributed by atoms with Gasteiger partial charge in [0.2, 0.25) is 5.91 Å². The predicted molar refractivity (Wildman–Crippen MR) is 137 cm³/mol. The number of amides is 1. The number of nitrogens with one attached hydrogen (secondary N) is 1. The van der Waals surface area contributed by atoms with Gasteiger partial charge in [-0.3, -0.25) is 9.59 Å². The number of carbonyl (C=O) groups is 2. The lowest BCUT2D eigenvalue weighted by molar-refractivity contribution is -0.252. The number of anilines is 1. The smallest absolute Gasteiger partial charge is 0.303 e. The molecule has 1 fully saturated rings. The molecule has 196 valence electrons. The van der Waals surface area contributed by atoms with Gasteiger partial charge in [-0.25, -0.2) is 4.98 Å². The zero-order valence-electron chi connectivity index (χ0n) is 19.8. The molecule has 0 radical (unpaired) electrons. The van der Waals surface area contributed by atoms with E-state index < -0.39 is 12.3 Å². The van der Waals surface area contributed by atoms with Crippen LogP contribution in [0.2, 0.25) is 10.3 Å². The first-order valence-corrected chi connectivity index (χ1v) is 12.6. The molecule has 2 aromatic carbocycles. The maximum atomic E-state index is 12.2. The zero-order valence-corrected chi connectivity index (χ0v) is 21.4. The number of carbonyl (C=O) groups excluding carboxylic acids is 1. The van der Waals surface area contributed by atoms with Crippen molar-refractivity contribution in [2.45, 2.75) is 57.3 Å². The Morgan fingerprint density at radius 3 is 2.54 bits per heavy atom. The van der Waals surface area contributed by atoms with Crippen molar-refractivity contribution in [1.29, 1.82) is 0 Å². The number of rotatable bonds is 10. The van der Waals surface area contributed by atoms with Crippen molar-refractivity contribution < 1.29 is 29.3 Å². The van der Waals surface area contributed by atoms with E-state index in [4.69, 9.17) is 37.8 Å². The monoisotopic (exact) mass is 547 g/mol. The molecular formula is C26H27Cl2N3O6. The van der Waals surface area contributed by atoms with E-state index in [2.05, 4.69) is 10.3 Å². The quantitative estimate of drug-likeness (QED) is 0.321. The second-order valence-electron chi connectivity index (χ2n) is 8.75. The highest BCUT2D eigenvalue weighted by atomic mass is 35.5. The number of nitrogens with zero attached hydrogens (tertiary/aromatic N) is 2. The van der Waals surface area contributed by atoms with E-state index in [-0.39, 0.29) is 49.1 Å². The van der Waals surface area contributed by atoms with Crippen LogP contribution in [-0.2, 0) is 32.2 Å². The third-order valence-electron chi connectivity index (χ3n) is 5.99. The van der Waals surface area contributed by atoms with E-state index in [1.54, 1.807) is 29.1 Å². The second kappa shape index (κ2) is 12.5. The Kier molecular flexibility index (Phi) is 9.18. The largest absolute Gasteiger partial charge is 0.481 e. The third kappa shape index (κ3) is 7.30. The number of aliphatic carboxylic acids is 1. The molecule has 0 saturated carbocycles. The van der Waals surface area contributed by atoms with Crippen LogP contribution < -0.4 is 5.32 Å². The van der Waals surface area contributed by atoms with E-state index >= 15 is 0 Å². The molecule has 9 nitrogen and oxygen atoms in total. The van der Waals surface area contributed by atoms with E-state index in [9.17, 15) is 14.7 Å². The van der Waals surface area contributed by atoms with Gasteiger partial charge in [-0.1, -0.05) is 59.6 Å². The molecule has 0 spiro atoms. The average molecular weight is 548 g/mol. The van der Waals surface area contributed by atoms with Crippen LogP contribution in [0, 0.1) is 0 Å². The van der Waals surface area contributed by atoms with Crippen LogP contribution in [-0.4, -0.2) is 37.7 Å². The topological polar surface area (TPSA) is 123 Å². The van der Waals surface area contributed by atoms with Crippen molar-refractivity contribution in [3.05, 3.63) is 81.9 Å². The lowest BCUT2D eigenvalue weighted by Crippen LogP contribution is -2.32. The van der Waals surface area contributed by atoms with Gasteiger partial charge in [-0.2, -0.15) is 0 Å². The number of carboxylic acid groups (broad SMARTS) is 1. The van der Waals surface area contributed by atoms with Gasteiger partial charge in [0.1, 0.15) is 5.15 Å². The summed E-state index contributed by atoms with van der Waals surface area (Å²) in [5, 5.41) is 21.5. The normalized spacial score (nSPS) is 19.5. The van der Waals surface area contributed by atoms with Gasteiger partial charge in [0, 0.05) is 30.5 Å². The summed E-state index contributed by atoms with van der Waals surface area (Å²) < 4.78 is 14.4. The summed E-state index contributed by atoms with van der Waals surface area (Å²) in [5.41, 5.74) is 3.00. The van der Waals surface area contributed by atoms with Crippen molar-refractivity contribution >= 4 is 40.8 Å². The lowest BCUT2D eigenvalue weighted by atomic mass is 10.00. The maximum Gasteiger partial charge on any atom is 0.303 e. The Morgan fingerprint density at radius 1 is 1.08 bits per heavy atom. The van der Waals surface area contributed by atoms with Crippen LogP contribution in [0.15, 0.2) is 54.9 Å². The number of ether oxygens (including phenoxy) is 2. The summed E-state index contributed by atoms with van der Waals surface area (Å²) in [6.07, 6.45) is 1.07. The molecule has 11 heteroatoms. The van der Waals surface area contributed by atoms with Gasteiger partial charge >= 0.3 is 5.97 Å². The Balaban J connectivity index is 1.52. The fourth-order valence-corrected chi connectivity index (χ4v) is 4.42. The summed E-state index contributed by atoms with van der Waals surface area (Å²) in [5.74, 6) is -1.20. The molecule has 3 N–H and O–H groups in total. The van der Waals surface area contributed by atoms with Gasteiger partial charge < -0.3 is 29.6 Å². The van der Waals surface area contributed by atoms with Crippen molar-refractivity contribution in [2.24, 2.45) is 0 Å². The average Bonchev–Trinajstić information content (AvgIpc) is 3.20. The molecule has 1 aliphatic rings. The number of hydrogen-bond donors (Lipinski definition) is 3. The molecular weight excluding hydrogens is 521 g/mol. The highest BCUT2D eigenvalue weighted by Crippen LogP contribution is 2.39. The molecule has 3 atom stereocenters. The van der Waals surface area contributed by atoms with Crippen LogP contribution in [0.5, 0.6) is 0 Å². The predicted octanol–water partition coefficient (Wildman–Crippen LogP) is 5.12. The van der Waals surface area contributed by atoms with E-state index in [1.165, 1.54) is 0 Å². The summed E-state index contributed by atoms with van der Waals surface area (Å²) in [6.45, 7) is 0.360. The summed E-state index contributed by atoms with van der Waals surface area (Å²) in [4.78, 5) is 27.0. The van der Waals surface area contributed by atoms with E-state index in [0.29, 0.717) is 29.4 Å². The van der Waals surface area contributed by atoms with Crippen LogP contribution in [0.3, 0.4) is 0 Å². The number of aliphatic hydroxyl groups excluding tert-OH is 1. The van der Waals surface area contributed by atoms with Crippen molar-refractivity contribution in [1.82, 2.24) is 9.55 Å². The first-order chi connectivity index (χ1) is 17.8. The van der Waals surface area contributed by atoms with Crippen LogP contribution in [0.25, 0.3) is 0 Å². The molecule has 1 saturated heterocycles. The summed E-state index contributed by atoms with van der Waals surface area (Å²) >= 11 is 12.3. The first kappa shape index (κ1) is 27.1. The molecule has 1 aromatic heterocycles. The van der Waals surface area contributed by atoms with Crippen LogP contribution in [0.4, 0.5) is 5.69 Å². The standard InChI is InChI=1S/C26H27Cl2N3O6/c27-24-25(28)31(15-29-24)13-20-12-21(17-9-7-16(14-32)8-10-17)37-26(36-20)18-3-1-4-19(11-18)30-22(33)5-2-6-23(34)35/h1,3-4,7-11,15,20-21,26,32H,2,5-6,12-14H2,(H,30,33)(H,34,35)/t20-,21+,26+/m0/s1. The van der Waals surface area contributed by atoms with Crippen LogP contribution in [0.1, 0.15) is 54.8 Å². The van der Waals surface area contributed by atoms with Gasteiger partial charge in [0.25, 0.3) is 0 Å². The Hall–Kier alpha value is -2.95. The number of benzene rings is 2. The number of aliphatic hydroxyl groups is 1. The van der Waals surface area contributed by atoms with Gasteiger partial charge in [-0.05, 0) is 29.7 Å². The fourth-order valence-electron chi connectivity index (χ4n) is 4.11. The minimum atomic E-state index is -0.934. The lowest BCUT2D eigenvalue weighted by Gasteiger charge is -2.36. The Bertz CT molecular complexity index is 1230. The second-order valence-corrected chi connectivity index (χ2v) is 9.47.